The maximum absolute atomic E-state index is 13.6. The zero-order valence-electron chi connectivity index (χ0n) is 11.8. The molecule has 0 unspecified atom stereocenters. The minimum Gasteiger partial charge on any atom is -0.455 e. The topological polar surface area (TPSA) is 39.2 Å². The summed E-state index contributed by atoms with van der Waals surface area (Å²) in [4.78, 5) is 16.1. The van der Waals surface area contributed by atoms with Gasteiger partial charge in [0.05, 0.1) is 10.2 Å². The molecule has 0 saturated heterocycles. The number of nitrogens with zero attached hydrogens (tertiary/aromatic N) is 1. The summed E-state index contributed by atoms with van der Waals surface area (Å²) in [5, 5.41) is 0.724. The quantitative estimate of drug-likeness (QED) is 0.466. The van der Waals surface area contributed by atoms with Crippen LogP contribution in [-0.2, 0) is 16.1 Å². The first-order valence-corrected chi connectivity index (χ1v) is 8.37. The number of rotatable bonds is 4. The molecular formula is C17H11BrFNO2S. The van der Waals surface area contributed by atoms with Crippen LogP contribution in [0.2, 0.25) is 0 Å². The Morgan fingerprint density at radius 2 is 2.13 bits per heavy atom. The number of hydrogen-bond donors (Lipinski definition) is 0. The van der Waals surface area contributed by atoms with Crippen LogP contribution in [0, 0.1) is 5.82 Å². The van der Waals surface area contributed by atoms with Crippen LogP contribution in [0.15, 0.2) is 53.0 Å². The van der Waals surface area contributed by atoms with Crippen molar-refractivity contribution in [2.24, 2.45) is 0 Å². The number of para-hydroxylation sites is 1. The standard InChI is InChI=1S/C17H11BrFNO2S/c18-12-6-7-13(19)11(9-12)5-8-17(21)22-10-16-20-14-3-1-2-4-15(14)23-16/h1-9H,10H2/b8-5+. The average Bonchev–Trinajstić information content (AvgIpc) is 2.96. The maximum Gasteiger partial charge on any atom is 0.331 e. The fourth-order valence-corrected chi connectivity index (χ4v) is 3.22. The Bertz CT molecular complexity index is 858. The number of aromatic nitrogens is 1. The van der Waals surface area contributed by atoms with Gasteiger partial charge in [-0.05, 0) is 36.4 Å². The van der Waals surface area contributed by atoms with Gasteiger partial charge in [-0.15, -0.1) is 11.3 Å². The summed E-state index contributed by atoms with van der Waals surface area (Å²) in [5.41, 5.74) is 1.20. The SMILES string of the molecule is O=C(/C=C/c1cc(Br)ccc1F)OCc1nc2ccccc2s1. The highest BCUT2D eigenvalue weighted by molar-refractivity contribution is 9.10. The van der Waals surface area contributed by atoms with Gasteiger partial charge < -0.3 is 4.74 Å². The van der Waals surface area contributed by atoms with Crippen LogP contribution in [0.1, 0.15) is 10.6 Å². The van der Waals surface area contributed by atoms with E-state index in [1.165, 1.54) is 29.6 Å². The van der Waals surface area contributed by atoms with Crippen molar-refractivity contribution in [2.75, 3.05) is 0 Å². The third kappa shape index (κ3) is 4.03. The molecule has 0 aliphatic rings. The van der Waals surface area contributed by atoms with E-state index < -0.39 is 11.8 Å². The van der Waals surface area contributed by atoms with Gasteiger partial charge in [0.2, 0.25) is 0 Å². The van der Waals surface area contributed by atoms with Crippen molar-refractivity contribution in [3.63, 3.8) is 0 Å². The first kappa shape index (κ1) is 15.8. The molecular weight excluding hydrogens is 381 g/mol. The van der Waals surface area contributed by atoms with Crippen LogP contribution in [0.3, 0.4) is 0 Å². The molecule has 2 aromatic carbocycles. The molecule has 0 atom stereocenters. The summed E-state index contributed by atoms with van der Waals surface area (Å²) in [5.74, 6) is -0.938. The molecule has 0 bridgehead atoms. The fourth-order valence-electron chi connectivity index (χ4n) is 1.96. The molecule has 3 aromatic rings. The van der Waals surface area contributed by atoms with Gasteiger partial charge in [-0.1, -0.05) is 28.1 Å². The lowest BCUT2D eigenvalue weighted by Crippen LogP contribution is -2.00. The summed E-state index contributed by atoms with van der Waals surface area (Å²) < 4.78 is 20.5. The molecule has 0 aliphatic heterocycles. The van der Waals surface area contributed by atoms with Crippen LogP contribution < -0.4 is 0 Å². The number of esters is 1. The summed E-state index contributed by atoms with van der Waals surface area (Å²) in [6, 6.07) is 12.2. The van der Waals surface area contributed by atoms with E-state index in [0.29, 0.717) is 5.56 Å². The van der Waals surface area contributed by atoms with Crippen molar-refractivity contribution in [1.82, 2.24) is 4.98 Å². The van der Waals surface area contributed by atoms with Crippen LogP contribution >= 0.6 is 27.3 Å². The van der Waals surface area contributed by atoms with E-state index in [1.54, 1.807) is 12.1 Å². The third-order valence-corrected chi connectivity index (χ3v) is 4.54. The highest BCUT2D eigenvalue weighted by Gasteiger charge is 2.06. The van der Waals surface area contributed by atoms with E-state index in [1.807, 2.05) is 24.3 Å². The number of fused-ring (bicyclic) bond motifs is 1. The van der Waals surface area contributed by atoms with Gasteiger partial charge in [-0.3, -0.25) is 0 Å². The van der Waals surface area contributed by atoms with Crippen molar-refractivity contribution in [3.05, 3.63) is 69.4 Å². The van der Waals surface area contributed by atoms with Crippen LogP contribution in [0.4, 0.5) is 4.39 Å². The Hall–Kier alpha value is -2.05. The Morgan fingerprint density at radius 3 is 2.96 bits per heavy atom. The van der Waals surface area contributed by atoms with Crippen LogP contribution in [-0.4, -0.2) is 11.0 Å². The van der Waals surface area contributed by atoms with Gasteiger partial charge in [0, 0.05) is 16.1 Å². The second-order valence-electron chi connectivity index (χ2n) is 4.68. The lowest BCUT2D eigenvalue weighted by molar-refractivity contribution is -0.138. The molecule has 0 fully saturated rings. The predicted octanol–water partition coefficient (Wildman–Crippen LogP) is 4.95. The lowest BCUT2D eigenvalue weighted by Gasteiger charge is -1.99. The molecule has 6 heteroatoms. The molecule has 0 aliphatic carbocycles. The highest BCUT2D eigenvalue weighted by atomic mass is 79.9. The van der Waals surface area contributed by atoms with Gasteiger partial charge in [0.25, 0.3) is 0 Å². The van der Waals surface area contributed by atoms with E-state index in [9.17, 15) is 9.18 Å². The highest BCUT2D eigenvalue weighted by Crippen LogP contribution is 2.22. The molecule has 0 amide bonds. The molecule has 116 valence electrons. The molecule has 3 nitrogen and oxygen atoms in total. The Morgan fingerprint density at radius 1 is 1.30 bits per heavy atom. The molecule has 3 rings (SSSR count). The number of benzene rings is 2. The second kappa shape index (κ2) is 7.02. The minimum absolute atomic E-state index is 0.101. The van der Waals surface area contributed by atoms with E-state index in [0.717, 1.165) is 19.7 Å². The van der Waals surface area contributed by atoms with Gasteiger partial charge in [0.15, 0.2) is 0 Å². The maximum atomic E-state index is 13.6. The minimum atomic E-state index is -0.538. The zero-order valence-corrected chi connectivity index (χ0v) is 14.2. The first-order chi connectivity index (χ1) is 11.1. The molecule has 0 spiro atoms. The molecule has 0 saturated carbocycles. The van der Waals surface area contributed by atoms with E-state index in [4.69, 9.17) is 4.74 Å². The summed E-state index contributed by atoms with van der Waals surface area (Å²) >= 11 is 4.74. The summed E-state index contributed by atoms with van der Waals surface area (Å²) in [6.45, 7) is 0.101. The van der Waals surface area contributed by atoms with Crippen LogP contribution in [0.5, 0.6) is 0 Å². The van der Waals surface area contributed by atoms with Crippen molar-refractivity contribution in [3.8, 4) is 0 Å². The van der Waals surface area contributed by atoms with Gasteiger partial charge in [-0.2, -0.15) is 0 Å². The van der Waals surface area contributed by atoms with Gasteiger partial charge >= 0.3 is 5.97 Å². The number of halogens is 2. The normalized spacial score (nSPS) is 11.2. The van der Waals surface area contributed by atoms with E-state index in [-0.39, 0.29) is 6.61 Å². The van der Waals surface area contributed by atoms with Gasteiger partial charge in [0.1, 0.15) is 17.4 Å². The molecule has 1 heterocycles. The number of carbonyl (C=O) groups excluding carboxylic acids is 1. The zero-order chi connectivity index (χ0) is 16.2. The van der Waals surface area contributed by atoms with Crippen molar-refractivity contribution in [1.29, 1.82) is 0 Å². The predicted molar refractivity (Wildman–Crippen MR) is 92.6 cm³/mol. The smallest absolute Gasteiger partial charge is 0.331 e. The average molecular weight is 392 g/mol. The summed E-state index contributed by atoms with van der Waals surface area (Å²) in [6.07, 6.45) is 2.60. The monoisotopic (exact) mass is 391 g/mol. The molecule has 0 radical (unpaired) electrons. The van der Waals surface area contributed by atoms with Crippen LogP contribution in [0.25, 0.3) is 16.3 Å². The van der Waals surface area contributed by atoms with Gasteiger partial charge in [-0.25, -0.2) is 14.2 Å². The Kier molecular flexibility index (Phi) is 4.83. The number of thiazole rings is 1. The number of hydrogen-bond acceptors (Lipinski definition) is 4. The second-order valence-corrected chi connectivity index (χ2v) is 6.71. The Labute approximate surface area is 144 Å². The van der Waals surface area contributed by atoms with Crippen molar-refractivity contribution in [2.45, 2.75) is 6.61 Å². The van der Waals surface area contributed by atoms with E-state index >= 15 is 0 Å². The number of ether oxygens (including phenoxy) is 1. The fraction of sp³-hybridized carbons (Fsp3) is 0.0588. The van der Waals surface area contributed by atoms with Crippen molar-refractivity contribution < 1.29 is 13.9 Å². The first-order valence-electron chi connectivity index (χ1n) is 6.76. The number of carbonyl (C=O) groups is 1. The Balaban J connectivity index is 1.63. The largest absolute Gasteiger partial charge is 0.455 e. The molecule has 0 N–H and O–H groups in total. The lowest BCUT2D eigenvalue weighted by atomic mass is 10.2. The third-order valence-electron chi connectivity index (χ3n) is 3.03. The van der Waals surface area contributed by atoms with Crippen molar-refractivity contribution >= 4 is 49.5 Å². The summed E-state index contributed by atoms with van der Waals surface area (Å²) in [7, 11) is 0. The molecule has 1 aromatic heterocycles. The van der Waals surface area contributed by atoms with E-state index in [2.05, 4.69) is 20.9 Å². The molecule has 23 heavy (non-hydrogen) atoms.